The predicted molar refractivity (Wildman–Crippen MR) is 73.1 cm³/mol. The van der Waals surface area contributed by atoms with Gasteiger partial charge in [-0.1, -0.05) is 26.7 Å². The smallest absolute Gasteiger partial charge is 0.251 e. The molecular weight excluding hydrogens is 226 g/mol. The number of carbonyl (C=O) groups excluding carboxylic acids is 1. The summed E-state index contributed by atoms with van der Waals surface area (Å²) in [4.78, 5) is 16.2. The van der Waals surface area contributed by atoms with E-state index in [1.165, 1.54) is 0 Å². The quantitative estimate of drug-likeness (QED) is 0.811. The molecule has 1 aromatic heterocycles. The van der Waals surface area contributed by atoms with E-state index in [9.17, 15) is 4.79 Å². The molecule has 0 bridgehead atoms. The number of hydrogen-bond acceptors (Lipinski definition) is 3. The summed E-state index contributed by atoms with van der Waals surface area (Å²) in [6, 6.07) is 3.64. The minimum absolute atomic E-state index is 0.0495. The molecule has 0 aliphatic heterocycles. The van der Waals surface area contributed by atoms with Crippen LogP contribution in [0.25, 0.3) is 0 Å². The Morgan fingerprint density at radius 3 is 2.67 bits per heavy atom. The summed E-state index contributed by atoms with van der Waals surface area (Å²) in [5.41, 5.74) is 6.88. The molecule has 3 N–H and O–H groups in total. The molecule has 1 heterocycles. The lowest BCUT2D eigenvalue weighted by molar-refractivity contribution is 0.0925. The standard InChI is InChI=1S/C14H23N3O/c1-4-11(5-2)10(3)17-14(18)12-6-7-16-13(8-12)9-15/h6-8,10-11H,4-5,9,15H2,1-3H3,(H,17,18). The van der Waals surface area contributed by atoms with E-state index in [0.717, 1.165) is 18.5 Å². The Kier molecular flexibility index (Phi) is 5.78. The molecule has 0 spiro atoms. The Balaban J connectivity index is 2.69. The first-order valence-electron chi connectivity index (χ1n) is 6.58. The van der Waals surface area contributed by atoms with Crippen LogP contribution in [-0.2, 0) is 6.54 Å². The molecule has 4 nitrogen and oxygen atoms in total. The van der Waals surface area contributed by atoms with Crippen LogP contribution in [0.3, 0.4) is 0 Å². The molecule has 1 aromatic rings. The van der Waals surface area contributed by atoms with Gasteiger partial charge in [-0.3, -0.25) is 9.78 Å². The van der Waals surface area contributed by atoms with Crippen LogP contribution in [0.1, 0.15) is 49.7 Å². The van der Waals surface area contributed by atoms with E-state index >= 15 is 0 Å². The van der Waals surface area contributed by atoms with Crippen molar-refractivity contribution >= 4 is 5.91 Å². The molecule has 0 fully saturated rings. The van der Waals surface area contributed by atoms with Crippen molar-refractivity contribution in [3.05, 3.63) is 29.6 Å². The van der Waals surface area contributed by atoms with Crippen molar-refractivity contribution in [1.29, 1.82) is 0 Å². The van der Waals surface area contributed by atoms with E-state index in [4.69, 9.17) is 5.73 Å². The topological polar surface area (TPSA) is 68.0 Å². The summed E-state index contributed by atoms with van der Waals surface area (Å²) in [6.45, 7) is 6.70. The zero-order valence-corrected chi connectivity index (χ0v) is 11.4. The van der Waals surface area contributed by atoms with Crippen LogP contribution >= 0.6 is 0 Å². The average molecular weight is 249 g/mol. The third-order valence-electron chi connectivity index (χ3n) is 3.40. The maximum absolute atomic E-state index is 12.1. The van der Waals surface area contributed by atoms with Gasteiger partial charge in [-0.15, -0.1) is 0 Å². The second-order valence-corrected chi connectivity index (χ2v) is 4.58. The van der Waals surface area contributed by atoms with E-state index in [-0.39, 0.29) is 11.9 Å². The van der Waals surface area contributed by atoms with Crippen LogP contribution in [0.5, 0.6) is 0 Å². The number of aromatic nitrogens is 1. The summed E-state index contributed by atoms with van der Waals surface area (Å²) in [7, 11) is 0. The highest BCUT2D eigenvalue weighted by Crippen LogP contribution is 2.13. The highest BCUT2D eigenvalue weighted by atomic mass is 16.1. The second kappa shape index (κ2) is 7.11. The molecular formula is C14H23N3O. The maximum Gasteiger partial charge on any atom is 0.251 e. The summed E-state index contributed by atoms with van der Waals surface area (Å²) < 4.78 is 0. The third-order valence-corrected chi connectivity index (χ3v) is 3.40. The van der Waals surface area contributed by atoms with Crippen LogP contribution in [0.15, 0.2) is 18.3 Å². The fourth-order valence-corrected chi connectivity index (χ4v) is 2.13. The Morgan fingerprint density at radius 2 is 2.11 bits per heavy atom. The lowest BCUT2D eigenvalue weighted by atomic mass is 9.95. The van der Waals surface area contributed by atoms with Crippen molar-refractivity contribution in [2.24, 2.45) is 11.7 Å². The van der Waals surface area contributed by atoms with Crippen LogP contribution in [0, 0.1) is 5.92 Å². The van der Waals surface area contributed by atoms with Crippen molar-refractivity contribution in [1.82, 2.24) is 10.3 Å². The second-order valence-electron chi connectivity index (χ2n) is 4.58. The minimum Gasteiger partial charge on any atom is -0.349 e. The first kappa shape index (κ1) is 14.6. The number of nitrogens with zero attached hydrogens (tertiary/aromatic N) is 1. The van der Waals surface area contributed by atoms with Gasteiger partial charge in [0.2, 0.25) is 0 Å². The molecule has 0 aliphatic carbocycles. The maximum atomic E-state index is 12.1. The van der Waals surface area contributed by atoms with Gasteiger partial charge in [0.15, 0.2) is 0 Å². The molecule has 1 atom stereocenters. The summed E-state index contributed by atoms with van der Waals surface area (Å²) >= 11 is 0. The predicted octanol–water partition coefficient (Wildman–Crippen LogP) is 2.09. The van der Waals surface area contributed by atoms with Crippen molar-refractivity contribution in [2.75, 3.05) is 0 Å². The molecule has 0 aromatic carbocycles. The van der Waals surface area contributed by atoms with Gasteiger partial charge in [0, 0.05) is 24.3 Å². The zero-order valence-electron chi connectivity index (χ0n) is 11.4. The molecule has 0 saturated carbocycles. The van der Waals surface area contributed by atoms with Gasteiger partial charge in [-0.2, -0.15) is 0 Å². The average Bonchev–Trinajstić information content (AvgIpc) is 2.40. The van der Waals surface area contributed by atoms with Crippen LogP contribution in [0.4, 0.5) is 0 Å². The first-order valence-corrected chi connectivity index (χ1v) is 6.58. The summed E-state index contributed by atoms with van der Waals surface area (Å²) in [5, 5.41) is 3.04. The Hall–Kier alpha value is -1.42. The zero-order chi connectivity index (χ0) is 13.5. The molecule has 100 valence electrons. The van der Waals surface area contributed by atoms with Crippen molar-refractivity contribution in [2.45, 2.75) is 46.2 Å². The van der Waals surface area contributed by atoms with Crippen LogP contribution in [-0.4, -0.2) is 16.9 Å². The number of hydrogen-bond donors (Lipinski definition) is 2. The largest absolute Gasteiger partial charge is 0.349 e. The molecule has 1 rings (SSSR count). The highest BCUT2D eigenvalue weighted by molar-refractivity contribution is 5.94. The van der Waals surface area contributed by atoms with Gasteiger partial charge in [0.1, 0.15) is 0 Å². The Labute approximate surface area is 109 Å². The van der Waals surface area contributed by atoms with Gasteiger partial charge in [0.05, 0.1) is 5.69 Å². The molecule has 0 saturated heterocycles. The highest BCUT2D eigenvalue weighted by Gasteiger charge is 2.16. The first-order chi connectivity index (χ1) is 8.62. The monoisotopic (exact) mass is 249 g/mol. The van der Waals surface area contributed by atoms with Crippen molar-refractivity contribution in [3.8, 4) is 0 Å². The third kappa shape index (κ3) is 3.81. The summed E-state index contributed by atoms with van der Waals surface area (Å²) in [6.07, 6.45) is 3.77. The van der Waals surface area contributed by atoms with E-state index in [1.54, 1.807) is 18.3 Å². The van der Waals surface area contributed by atoms with E-state index in [1.807, 2.05) is 0 Å². The fourth-order valence-electron chi connectivity index (χ4n) is 2.13. The summed E-state index contributed by atoms with van der Waals surface area (Å²) in [5.74, 6) is 0.469. The number of pyridine rings is 1. The molecule has 18 heavy (non-hydrogen) atoms. The lowest BCUT2D eigenvalue weighted by Crippen LogP contribution is -2.37. The van der Waals surface area contributed by atoms with E-state index < -0.39 is 0 Å². The Morgan fingerprint density at radius 1 is 1.44 bits per heavy atom. The fraction of sp³-hybridized carbons (Fsp3) is 0.571. The lowest BCUT2D eigenvalue weighted by Gasteiger charge is -2.22. The van der Waals surface area contributed by atoms with Crippen LogP contribution in [0.2, 0.25) is 0 Å². The molecule has 0 radical (unpaired) electrons. The Bertz CT molecular complexity index is 388. The van der Waals surface area contributed by atoms with Gasteiger partial charge in [-0.05, 0) is 25.0 Å². The molecule has 4 heteroatoms. The number of carbonyl (C=O) groups is 1. The number of amides is 1. The van der Waals surface area contributed by atoms with Crippen molar-refractivity contribution < 1.29 is 4.79 Å². The van der Waals surface area contributed by atoms with Gasteiger partial charge in [-0.25, -0.2) is 0 Å². The van der Waals surface area contributed by atoms with Gasteiger partial charge in [0.25, 0.3) is 5.91 Å². The van der Waals surface area contributed by atoms with Crippen molar-refractivity contribution in [3.63, 3.8) is 0 Å². The van der Waals surface area contributed by atoms with Gasteiger partial charge < -0.3 is 11.1 Å². The number of rotatable bonds is 6. The molecule has 1 unspecified atom stereocenters. The van der Waals surface area contributed by atoms with E-state index in [0.29, 0.717) is 18.0 Å². The van der Waals surface area contributed by atoms with E-state index in [2.05, 4.69) is 31.1 Å². The number of nitrogens with two attached hydrogens (primary N) is 1. The molecule has 0 aliphatic rings. The van der Waals surface area contributed by atoms with Gasteiger partial charge >= 0.3 is 0 Å². The normalized spacial score (nSPS) is 12.5. The SMILES string of the molecule is CCC(CC)C(C)NC(=O)c1ccnc(CN)c1. The minimum atomic E-state index is -0.0495. The molecule has 1 amide bonds. The van der Waals surface area contributed by atoms with Crippen LogP contribution < -0.4 is 11.1 Å². The number of nitrogens with one attached hydrogen (secondary N) is 1.